The molecular formula is C11H10N4. The van der Waals surface area contributed by atoms with Gasteiger partial charge in [-0.1, -0.05) is 6.07 Å². The fraction of sp³-hybridized carbons (Fsp3) is 0.0909. The van der Waals surface area contributed by atoms with E-state index in [9.17, 15) is 0 Å². The molecule has 0 radical (unpaired) electrons. The molecular weight excluding hydrogens is 188 g/mol. The number of rotatable bonds is 0. The Bertz CT molecular complexity index is 654. The molecule has 0 bridgehead atoms. The zero-order valence-electron chi connectivity index (χ0n) is 8.31. The first kappa shape index (κ1) is 8.23. The monoisotopic (exact) mass is 198 g/mol. The second-order valence-corrected chi connectivity index (χ2v) is 3.57. The summed E-state index contributed by atoms with van der Waals surface area (Å²) < 4.78 is 1.94. The van der Waals surface area contributed by atoms with E-state index in [4.69, 9.17) is 5.73 Å². The van der Waals surface area contributed by atoms with Gasteiger partial charge in [0.15, 0.2) is 5.65 Å². The quantitative estimate of drug-likeness (QED) is 0.599. The zero-order chi connectivity index (χ0) is 10.4. The van der Waals surface area contributed by atoms with Gasteiger partial charge in [-0.25, -0.2) is 9.97 Å². The lowest BCUT2D eigenvalue weighted by Crippen LogP contribution is -1.95. The first-order valence-electron chi connectivity index (χ1n) is 4.75. The molecule has 0 aliphatic carbocycles. The number of fused-ring (bicyclic) bond motifs is 3. The van der Waals surface area contributed by atoms with Crippen molar-refractivity contribution in [3.63, 3.8) is 0 Å². The Balaban J connectivity index is 2.56. The topological polar surface area (TPSA) is 56.2 Å². The van der Waals surface area contributed by atoms with Crippen molar-refractivity contribution in [2.45, 2.75) is 6.92 Å². The molecule has 0 aromatic carbocycles. The van der Waals surface area contributed by atoms with Crippen LogP contribution in [0.15, 0.2) is 30.5 Å². The van der Waals surface area contributed by atoms with Crippen LogP contribution >= 0.6 is 0 Å². The number of aromatic nitrogens is 3. The van der Waals surface area contributed by atoms with E-state index in [0.717, 1.165) is 22.4 Å². The number of nitrogens with two attached hydrogens (primary N) is 1. The van der Waals surface area contributed by atoms with E-state index >= 15 is 0 Å². The molecule has 0 fully saturated rings. The standard InChI is InChI=1S/C11H10N4/c1-7-6-8-11(14-10(7)12)15-5-3-2-4-9(15)13-8/h2-6H,1H3,(H2,12,14). The minimum Gasteiger partial charge on any atom is -0.383 e. The Morgan fingerprint density at radius 3 is 3.00 bits per heavy atom. The lowest BCUT2D eigenvalue weighted by atomic mass is 10.3. The van der Waals surface area contributed by atoms with Crippen LogP contribution in [0, 0.1) is 6.92 Å². The van der Waals surface area contributed by atoms with Gasteiger partial charge in [-0.3, -0.25) is 4.40 Å². The molecule has 0 saturated heterocycles. The van der Waals surface area contributed by atoms with E-state index < -0.39 is 0 Å². The molecule has 3 aromatic rings. The largest absolute Gasteiger partial charge is 0.383 e. The van der Waals surface area contributed by atoms with Gasteiger partial charge in [0.05, 0.1) is 0 Å². The van der Waals surface area contributed by atoms with E-state index in [2.05, 4.69) is 9.97 Å². The van der Waals surface area contributed by atoms with Gasteiger partial charge in [-0.2, -0.15) is 0 Å². The van der Waals surface area contributed by atoms with Crippen molar-refractivity contribution in [1.82, 2.24) is 14.4 Å². The molecule has 3 rings (SSSR count). The summed E-state index contributed by atoms with van der Waals surface area (Å²) in [4.78, 5) is 8.80. The van der Waals surface area contributed by atoms with Crippen LogP contribution in [-0.2, 0) is 0 Å². The highest BCUT2D eigenvalue weighted by molar-refractivity contribution is 5.79. The predicted octanol–water partition coefficient (Wildman–Crippen LogP) is 1.77. The summed E-state index contributed by atoms with van der Waals surface area (Å²) in [5, 5.41) is 0. The van der Waals surface area contributed by atoms with Crippen molar-refractivity contribution in [3.8, 4) is 0 Å². The molecule has 4 heteroatoms. The molecule has 3 aromatic heterocycles. The van der Waals surface area contributed by atoms with Crippen molar-refractivity contribution in [2.75, 3.05) is 5.73 Å². The summed E-state index contributed by atoms with van der Waals surface area (Å²) in [7, 11) is 0. The summed E-state index contributed by atoms with van der Waals surface area (Å²) in [6, 6.07) is 7.82. The van der Waals surface area contributed by atoms with Gasteiger partial charge in [0.25, 0.3) is 0 Å². The van der Waals surface area contributed by atoms with Crippen molar-refractivity contribution in [1.29, 1.82) is 0 Å². The third-order valence-electron chi connectivity index (χ3n) is 2.51. The number of pyridine rings is 2. The van der Waals surface area contributed by atoms with Crippen LogP contribution in [-0.4, -0.2) is 14.4 Å². The first-order chi connectivity index (χ1) is 7.25. The van der Waals surface area contributed by atoms with Crippen LogP contribution < -0.4 is 5.73 Å². The van der Waals surface area contributed by atoms with E-state index in [1.54, 1.807) is 0 Å². The lowest BCUT2D eigenvalue weighted by Gasteiger charge is -1.98. The maximum atomic E-state index is 5.78. The van der Waals surface area contributed by atoms with Crippen molar-refractivity contribution in [2.24, 2.45) is 0 Å². The minimum absolute atomic E-state index is 0.563. The van der Waals surface area contributed by atoms with Crippen LogP contribution in [0.4, 0.5) is 5.82 Å². The van der Waals surface area contributed by atoms with Crippen LogP contribution in [0.25, 0.3) is 16.8 Å². The second kappa shape index (κ2) is 2.70. The third kappa shape index (κ3) is 1.08. The highest BCUT2D eigenvalue weighted by Crippen LogP contribution is 2.18. The average Bonchev–Trinajstić information content (AvgIpc) is 2.57. The number of anilines is 1. The second-order valence-electron chi connectivity index (χ2n) is 3.57. The number of nitrogen functional groups attached to an aromatic ring is 1. The molecule has 74 valence electrons. The van der Waals surface area contributed by atoms with Gasteiger partial charge in [-0.15, -0.1) is 0 Å². The van der Waals surface area contributed by atoms with E-state index in [0.29, 0.717) is 5.82 Å². The third-order valence-corrected chi connectivity index (χ3v) is 2.51. The first-order valence-corrected chi connectivity index (χ1v) is 4.75. The summed E-state index contributed by atoms with van der Waals surface area (Å²) in [5.74, 6) is 0.563. The molecule has 0 unspecified atom stereocenters. The van der Waals surface area contributed by atoms with Gasteiger partial charge < -0.3 is 5.73 Å². The Hall–Kier alpha value is -2.10. The highest BCUT2D eigenvalue weighted by Gasteiger charge is 2.06. The van der Waals surface area contributed by atoms with Crippen LogP contribution in [0.5, 0.6) is 0 Å². The summed E-state index contributed by atoms with van der Waals surface area (Å²) in [6.07, 6.45) is 1.94. The fourth-order valence-electron chi connectivity index (χ4n) is 1.69. The molecule has 0 spiro atoms. The molecule has 0 atom stereocenters. The summed E-state index contributed by atoms with van der Waals surface area (Å²) in [5.41, 5.74) is 9.34. The Morgan fingerprint density at radius 1 is 1.27 bits per heavy atom. The molecule has 0 amide bonds. The molecule has 0 aliphatic heterocycles. The smallest absolute Gasteiger partial charge is 0.166 e. The molecule has 2 N–H and O–H groups in total. The molecule has 3 heterocycles. The number of hydrogen-bond donors (Lipinski definition) is 1. The van der Waals surface area contributed by atoms with Gasteiger partial charge in [-0.05, 0) is 30.7 Å². The zero-order valence-corrected chi connectivity index (χ0v) is 8.31. The van der Waals surface area contributed by atoms with Crippen molar-refractivity contribution < 1.29 is 0 Å². The van der Waals surface area contributed by atoms with Crippen molar-refractivity contribution in [3.05, 3.63) is 36.0 Å². The highest BCUT2D eigenvalue weighted by atomic mass is 15.1. The maximum Gasteiger partial charge on any atom is 0.166 e. The van der Waals surface area contributed by atoms with Crippen LogP contribution in [0.3, 0.4) is 0 Å². The van der Waals surface area contributed by atoms with E-state index in [1.807, 2.05) is 41.8 Å². The van der Waals surface area contributed by atoms with Gasteiger partial charge in [0.2, 0.25) is 0 Å². The van der Waals surface area contributed by atoms with E-state index in [1.165, 1.54) is 0 Å². The summed E-state index contributed by atoms with van der Waals surface area (Å²) >= 11 is 0. The van der Waals surface area contributed by atoms with Crippen molar-refractivity contribution >= 4 is 22.6 Å². The fourth-order valence-corrected chi connectivity index (χ4v) is 1.69. The van der Waals surface area contributed by atoms with Crippen LogP contribution in [0.2, 0.25) is 0 Å². The van der Waals surface area contributed by atoms with Gasteiger partial charge in [0, 0.05) is 6.20 Å². The number of hydrogen-bond acceptors (Lipinski definition) is 3. The molecule has 15 heavy (non-hydrogen) atoms. The van der Waals surface area contributed by atoms with Gasteiger partial charge in [0.1, 0.15) is 17.0 Å². The van der Waals surface area contributed by atoms with Crippen LogP contribution in [0.1, 0.15) is 5.56 Å². The Labute approximate surface area is 86.4 Å². The number of nitrogens with zero attached hydrogens (tertiary/aromatic N) is 3. The summed E-state index contributed by atoms with van der Waals surface area (Å²) in [6.45, 7) is 1.94. The SMILES string of the molecule is Cc1cc2nc3ccccn3c2nc1N. The Morgan fingerprint density at radius 2 is 2.13 bits per heavy atom. The van der Waals surface area contributed by atoms with Gasteiger partial charge >= 0.3 is 0 Å². The van der Waals surface area contributed by atoms with E-state index in [-0.39, 0.29) is 0 Å². The predicted molar refractivity (Wildman–Crippen MR) is 59.6 cm³/mol. The number of aryl methyl sites for hydroxylation is 1. The lowest BCUT2D eigenvalue weighted by molar-refractivity contribution is 1.18. The molecule has 4 nitrogen and oxygen atoms in total. The molecule has 0 saturated carbocycles. The minimum atomic E-state index is 0.563. The number of imidazole rings is 1. The Kier molecular flexibility index (Phi) is 1.48. The average molecular weight is 198 g/mol. The normalized spacial score (nSPS) is 11.3. The maximum absolute atomic E-state index is 5.78. The molecule has 0 aliphatic rings.